The molecule has 0 aliphatic heterocycles. The maximum Gasteiger partial charge on any atom is 0.126 e. The first kappa shape index (κ1) is 13.5. The van der Waals surface area contributed by atoms with Crippen LogP contribution >= 0.6 is 0 Å². The number of aliphatic hydroxyl groups is 1. The van der Waals surface area contributed by atoms with Crippen LogP contribution in [0.4, 0.5) is 4.39 Å². The van der Waals surface area contributed by atoms with Crippen LogP contribution in [0, 0.1) is 18.7 Å². The molecule has 3 heteroatoms. The molecule has 1 aliphatic rings. The highest BCUT2D eigenvalue weighted by Crippen LogP contribution is 2.23. The lowest BCUT2D eigenvalue weighted by atomic mass is 9.86. The molecular weight excluding hydrogens is 229 g/mol. The van der Waals surface area contributed by atoms with E-state index in [1.54, 1.807) is 6.92 Å². The Morgan fingerprint density at radius 2 is 2.11 bits per heavy atom. The number of aliphatic hydroxyl groups excluding tert-OH is 1. The van der Waals surface area contributed by atoms with Gasteiger partial charge in [0.25, 0.3) is 0 Å². The first-order chi connectivity index (χ1) is 8.66. The molecule has 0 spiro atoms. The molecule has 1 aliphatic carbocycles. The van der Waals surface area contributed by atoms with Crippen molar-refractivity contribution in [3.8, 4) is 0 Å². The zero-order valence-corrected chi connectivity index (χ0v) is 11.0. The van der Waals surface area contributed by atoms with E-state index >= 15 is 0 Å². The summed E-state index contributed by atoms with van der Waals surface area (Å²) in [5.41, 5.74) is 1.78. The second kappa shape index (κ2) is 6.30. The molecule has 0 bridgehead atoms. The number of nitrogens with one attached hydrogen (secondary N) is 1. The summed E-state index contributed by atoms with van der Waals surface area (Å²) in [5, 5.41) is 13.2. The van der Waals surface area contributed by atoms with E-state index in [4.69, 9.17) is 0 Å². The van der Waals surface area contributed by atoms with Gasteiger partial charge in [0.05, 0.1) is 6.10 Å². The lowest BCUT2D eigenvalue weighted by Gasteiger charge is -2.27. The van der Waals surface area contributed by atoms with E-state index in [1.165, 1.54) is 12.5 Å². The molecule has 2 N–H and O–H groups in total. The third kappa shape index (κ3) is 3.53. The van der Waals surface area contributed by atoms with Crippen LogP contribution in [-0.4, -0.2) is 17.8 Å². The van der Waals surface area contributed by atoms with E-state index in [0.717, 1.165) is 37.9 Å². The minimum atomic E-state index is -0.152. The van der Waals surface area contributed by atoms with E-state index in [1.807, 2.05) is 12.1 Å². The molecule has 0 radical (unpaired) electrons. The molecule has 0 aromatic heterocycles. The standard InChI is InChI=1S/C15H22FNO/c1-11-8-12(6-7-14(11)16)9-17-10-13-4-2-3-5-15(13)18/h6-8,13,15,17-18H,2-5,9-10H2,1H3. The average molecular weight is 251 g/mol. The first-order valence-electron chi connectivity index (χ1n) is 6.80. The first-order valence-corrected chi connectivity index (χ1v) is 6.80. The number of benzene rings is 1. The van der Waals surface area contributed by atoms with Crippen LogP contribution in [0.5, 0.6) is 0 Å². The summed E-state index contributed by atoms with van der Waals surface area (Å²) in [4.78, 5) is 0. The van der Waals surface area contributed by atoms with Gasteiger partial charge in [-0.05, 0) is 42.9 Å². The summed E-state index contributed by atoms with van der Waals surface area (Å²) in [6.07, 6.45) is 4.26. The van der Waals surface area contributed by atoms with Crippen molar-refractivity contribution in [2.24, 2.45) is 5.92 Å². The Morgan fingerprint density at radius 3 is 2.83 bits per heavy atom. The Morgan fingerprint density at radius 1 is 1.33 bits per heavy atom. The molecule has 18 heavy (non-hydrogen) atoms. The summed E-state index contributed by atoms with van der Waals surface area (Å²) < 4.78 is 13.1. The van der Waals surface area contributed by atoms with Gasteiger partial charge in [0.1, 0.15) is 5.82 Å². The van der Waals surface area contributed by atoms with Crippen molar-refractivity contribution < 1.29 is 9.50 Å². The maximum atomic E-state index is 13.1. The summed E-state index contributed by atoms with van der Waals surface area (Å²) in [6.45, 7) is 3.37. The Bertz CT molecular complexity index is 394. The molecule has 1 fully saturated rings. The highest BCUT2D eigenvalue weighted by atomic mass is 19.1. The monoisotopic (exact) mass is 251 g/mol. The number of hydrogen-bond acceptors (Lipinski definition) is 2. The van der Waals surface area contributed by atoms with Crippen LogP contribution in [-0.2, 0) is 6.54 Å². The third-order valence-corrected chi connectivity index (χ3v) is 3.83. The maximum absolute atomic E-state index is 13.1. The van der Waals surface area contributed by atoms with Crippen molar-refractivity contribution >= 4 is 0 Å². The molecule has 0 saturated heterocycles. The minimum absolute atomic E-state index is 0.151. The number of rotatable bonds is 4. The molecule has 1 aromatic rings. The van der Waals surface area contributed by atoms with E-state index in [2.05, 4.69) is 5.32 Å². The third-order valence-electron chi connectivity index (χ3n) is 3.83. The molecule has 2 rings (SSSR count). The summed E-state index contributed by atoms with van der Waals surface area (Å²) >= 11 is 0. The Kier molecular flexibility index (Phi) is 4.72. The van der Waals surface area contributed by atoms with Crippen molar-refractivity contribution in [1.82, 2.24) is 5.32 Å². The Labute approximate surface area is 108 Å². The smallest absolute Gasteiger partial charge is 0.126 e. The highest BCUT2D eigenvalue weighted by molar-refractivity contribution is 5.23. The van der Waals surface area contributed by atoms with Crippen LogP contribution in [0.1, 0.15) is 36.8 Å². The van der Waals surface area contributed by atoms with Crippen LogP contribution < -0.4 is 5.32 Å². The van der Waals surface area contributed by atoms with Crippen LogP contribution in [0.2, 0.25) is 0 Å². The van der Waals surface area contributed by atoms with E-state index in [-0.39, 0.29) is 11.9 Å². The lowest BCUT2D eigenvalue weighted by Crippen LogP contribution is -2.33. The quantitative estimate of drug-likeness (QED) is 0.862. The van der Waals surface area contributed by atoms with Crippen molar-refractivity contribution in [3.05, 3.63) is 35.1 Å². The molecule has 100 valence electrons. The summed E-state index contributed by atoms with van der Waals surface area (Å²) in [5.74, 6) is 0.224. The van der Waals surface area contributed by atoms with E-state index < -0.39 is 0 Å². The van der Waals surface area contributed by atoms with Gasteiger partial charge in [0, 0.05) is 13.1 Å². The molecule has 1 saturated carbocycles. The molecule has 2 unspecified atom stereocenters. The zero-order chi connectivity index (χ0) is 13.0. The van der Waals surface area contributed by atoms with Crippen molar-refractivity contribution in [3.63, 3.8) is 0 Å². The van der Waals surface area contributed by atoms with Gasteiger partial charge in [-0.25, -0.2) is 4.39 Å². The van der Waals surface area contributed by atoms with Crippen molar-refractivity contribution in [1.29, 1.82) is 0 Å². The molecule has 2 nitrogen and oxygen atoms in total. The molecule has 1 aromatic carbocycles. The van der Waals surface area contributed by atoms with Gasteiger partial charge in [-0.3, -0.25) is 0 Å². The van der Waals surface area contributed by atoms with E-state index in [9.17, 15) is 9.50 Å². The fraction of sp³-hybridized carbons (Fsp3) is 0.600. The largest absolute Gasteiger partial charge is 0.393 e. The fourth-order valence-electron chi connectivity index (χ4n) is 2.64. The van der Waals surface area contributed by atoms with Gasteiger partial charge in [-0.2, -0.15) is 0 Å². The summed E-state index contributed by atoms with van der Waals surface area (Å²) in [6, 6.07) is 5.20. The second-order valence-corrected chi connectivity index (χ2v) is 5.33. The zero-order valence-electron chi connectivity index (χ0n) is 11.0. The predicted molar refractivity (Wildman–Crippen MR) is 70.8 cm³/mol. The van der Waals surface area contributed by atoms with Gasteiger partial charge in [-0.15, -0.1) is 0 Å². The fourth-order valence-corrected chi connectivity index (χ4v) is 2.64. The Balaban J connectivity index is 1.79. The SMILES string of the molecule is Cc1cc(CNCC2CCCCC2O)ccc1F. The van der Waals surface area contributed by atoms with Crippen molar-refractivity contribution in [2.45, 2.75) is 45.3 Å². The van der Waals surface area contributed by atoms with Gasteiger partial charge >= 0.3 is 0 Å². The highest BCUT2D eigenvalue weighted by Gasteiger charge is 2.22. The van der Waals surface area contributed by atoms with E-state index in [0.29, 0.717) is 11.5 Å². The van der Waals surface area contributed by atoms with Gasteiger partial charge in [0.15, 0.2) is 0 Å². The van der Waals surface area contributed by atoms with Gasteiger partial charge in [-0.1, -0.05) is 25.0 Å². The topological polar surface area (TPSA) is 32.3 Å². The van der Waals surface area contributed by atoms with Gasteiger partial charge < -0.3 is 10.4 Å². The average Bonchev–Trinajstić information content (AvgIpc) is 2.36. The normalized spacial score (nSPS) is 24.2. The molecule has 2 atom stereocenters. The second-order valence-electron chi connectivity index (χ2n) is 5.33. The van der Waals surface area contributed by atoms with Crippen LogP contribution in [0.15, 0.2) is 18.2 Å². The molecule has 0 amide bonds. The predicted octanol–water partition coefficient (Wildman–Crippen LogP) is 2.77. The number of aryl methyl sites for hydroxylation is 1. The van der Waals surface area contributed by atoms with Crippen LogP contribution in [0.3, 0.4) is 0 Å². The van der Waals surface area contributed by atoms with Gasteiger partial charge in [0.2, 0.25) is 0 Å². The van der Waals surface area contributed by atoms with Crippen molar-refractivity contribution in [2.75, 3.05) is 6.54 Å². The number of halogens is 1. The molecule has 0 heterocycles. The molecular formula is C15H22FNO. The Hall–Kier alpha value is -0.930. The lowest BCUT2D eigenvalue weighted by molar-refractivity contribution is 0.0695. The van der Waals surface area contributed by atoms with Crippen LogP contribution in [0.25, 0.3) is 0 Å². The number of hydrogen-bond donors (Lipinski definition) is 2. The summed E-state index contributed by atoms with van der Waals surface area (Å²) in [7, 11) is 0. The minimum Gasteiger partial charge on any atom is -0.393 e.